The van der Waals surface area contributed by atoms with Gasteiger partial charge in [-0.05, 0) is 43.7 Å². The molecule has 86 valence electrons. The normalized spacial score (nSPS) is 18.1. The summed E-state index contributed by atoms with van der Waals surface area (Å²) >= 11 is 0. The van der Waals surface area contributed by atoms with Crippen molar-refractivity contribution >= 4 is 0 Å². The Morgan fingerprint density at radius 1 is 1.25 bits per heavy atom. The van der Waals surface area contributed by atoms with Crippen LogP contribution in [0.4, 0.5) is 4.39 Å². The second kappa shape index (κ2) is 4.40. The van der Waals surface area contributed by atoms with Crippen molar-refractivity contribution in [2.75, 3.05) is 0 Å². The zero-order chi connectivity index (χ0) is 11.6. The summed E-state index contributed by atoms with van der Waals surface area (Å²) in [5, 5.41) is 0. The first-order valence-corrected chi connectivity index (χ1v) is 6.08. The third kappa shape index (κ3) is 2.72. The molecule has 16 heavy (non-hydrogen) atoms. The van der Waals surface area contributed by atoms with Crippen LogP contribution in [0.15, 0.2) is 35.9 Å². The number of alkyl halides is 1. The van der Waals surface area contributed by atoms with E-state index in [1.54, 1.807) is 12.5 Å². The lowest BCUT2D eigenvalue weighted by atomic mass is 9.94. The SMILES string of the molecule is CCC(C)(F)c1ccc(CC=C2CC2)cc1. The molecule has 1 atom stereocenters. The molecule has 1 saturated carbocycles. The number of rotatable bonds is 4. The van der Waals surface area contributed by atoms with E-state index in [2.05, 4.69) is 6.08 Å². The van der Waals surface area contributed by atoms with E-state index in [0.717, 1.165) is 12.0 Å². The fourth-order valence-corrected chi connectivity index (χ4v) is 1.73. The molecule has 0 saturated heterocycles. The molecule has 1 aliphatic carbocycles. The van der Waals surface area contributed by atoms with Crippen molar-refractivity contribution in [2.24, 2.45) is 0 Å². The van der Waals surface area contributed by atoms with Gasteiger partial charge in [0.25, 0.3) is 0 Å². The van der Waals surface area contributed by atoms with Gasteiger partial charge in [0.2, 0.25) is 0 Å². The van der Waals surface area contributed by atoms with Gasteiger partial charge in [-0.2, -0.15) is 0 Å². The van der Waals surface area contributed by atoms with E-state index in [1.165, 1.54) is 18.4 Å². The topological polar surface area (TPSA) is 0 Å². The Kier molecular flexibility index (Phi) is 3.13. The van der Waals surface area contributed by atoms with Crippen molar-refractivity contribution in [1.82, 2.24) is 0 Å². The molecule has 1 aromatic rings. The van der Waals surface area contributed by atoms with Crippen LogP contribution in [0.1, 0.15) is 44.2 Å². The quantitative estimate of drug-likeness (QED) is 0.651. The Balaban J connectivity index is 2.06. The van der Waals surface area contributed by atoms with Crippen LogP contribution in [0, 0.1) is 0 Å². The number of hydrogen-bond acceptors (Lipinski definition) is 0. The van der Waals surface area contributed by atoms with Crippen LogP contribution < -0.4 is 0 Å². The van der Waals surface area contributed by atoms with Gasteiger partial charge in [-0.15, -0.1) is 0 Å². The summed E-state index contributed by atoms with van der Waals surface area (Å²) in [6.07, 6.45) is 6.36. The lowest BCUT2D eigenvalue weighted by Crippen LogP contribution is -2.13. The molecular weight excluding hydrogens is 199 g/mol. The highest BCUT2D eigenvalue weighted by Gasteiger charge is 2.22. The van der Waals surface area contributed by atoms with Crippen LogP contribution >= 0.6 is 0 Å². The molecule has 0 spiro atoms. The average molecular weight is 218 g/mol. The molecule has 0 nitrogen and oxygen atoms in total. The van der Waals surface area contributed by atoms with Crippen LogP contribution in [-0.4, -0.2) is 0 Å². The first kappa shape index (κ1) is 11.4. The van der Waals surface area contributed by atoms with Gasteiger partial charge >= 0.3 is 0 Å². The van der Waals surface area contributed by atoms with E-state index in [4.69, 9.17) is 0 Å². The summed E-state index contributed by atoms with van der Waals surface area (Å²) < 4.78 is 14.0. The molecule has 0 heterocycles. The van der Waals surface area contributed by atoms with Gasteiger partial charge in [-0.25, -0.2) is 4.39 Å². The van der Waals surface area contributed by atoms with Gasteiger partial charge in [-0.3, -0.25) is 0 Å². The Labute approximate surface area is 97.2 Å². The van der Waals surface area contributed by atoms with Crippen molar-refractivity contribution in [3.8, 4) is 0 Å². The summed E-state index contributed by atoms with van der Waals surface area (Å²) in [6, 6.07) is 7.93. The molecule has 2 rings (SSSR count). The zero-order valence-corrected chi connectivity index (χ0v) is 10.1. The Bertz CT molecular complexity index is 378. The van der Waals surface area contributed by atoms with Crippen LogP contribution in [0.5, 0.6) is 0 Å². The fourth-order valence-electron chi connectivity index (χ4n) is 1.73. The van der Waals surface area contributed by atoms with Crippen LogP contribution in [-0.2, 0) is 12.1 Å². The average Bonchev–Trinajstić information content (AvgIpc) is 3.11. The van der Waals surface area contributed by atoms with Crippen molar-refractivity contribution in [3.05, 3.63) is 47.0 Å². The van der Waals surface area contributed by atoms with Gasteiger partial charge in [0, 0.05) is 0 Å². The highest BCUT2D eigenvalue weighted by atomic mass is 19.1. The lowest BCUT2D eigenvalue weighted by molar-refractivity contribution is 0.185. The summed E-state index contributed by atoms with van der Waals surface area (Å²) in [6.45, 7) is 3.53. The van der Waals surface area contributed by atoms with E-state index in [1.807, 2.05) is 31.2 Å². The van der Waals surface area contributed by atoms with E-state index >= 15 is 0 Å². The van der Waals surface area contributed by atoms with Crippen molar-refractivity contribution in [2.45, 2.75) is 45.2 Å². The maximum absolute atomic E-state index is 14.0. The smallest absolute Gasteiger partial charge is 0.133 e. The van der Waals surface area contributed by atoms with Crippen molar-refractivity contribution < 1.29 is 4.39 Å². The molecule has 1 unspecified atom stereocenters. The summed E-state index contributed by atoms with van der Waals surface area (Å²) in [4.78, 5) is 0. The maximum Gasteiger partial charge on any atom is 0.133 e. The number of allylic oxidation sites excluding steroid dienone is 2. The highest BCUT2D eigenvalue weighted by molar-refractivity contribution is 5.29. The molecule has 0 amide bonds. The molecule has 1 aromatic carbocycles. The summed E-state index contributed by atoms with van der Waals surface area (Å²) in [7, 11) is 0. The second-order valence-electron chi connectivity index (χ2n) is 4.81. The van der Waals surface area contributed by atoms with Crippen LogP contribution in [0.25, 0.3) is 0 Å². The Morgan fingerprint density at radius 2 is 1.88 bits per heavy atom. The maximum atomic E-state index is 14.0. The van der Waals surface area contributed by atoms with Gasteiger partial charge < -0.3 is 0 Å². The minimum Gasteiger partial charge on any atom is -0.239 e. The Morgan fingerprint density at radius 3 is 2.38 bits per heavy atom. The number of hydrogen-bond donors (Lipinski definition) is 0. The minimum atomic E-state index is -1.19. The highest BCUT2D eigenvalue weighted by Crippen LogP contribution is 2.30. The molecular formula is C15H19F. The monoisotopic (exact) mass is 218 g/mol. The zero-order valence-electron chi connectivity index (χ0n) is 10.1. The molecule has 1 heteroatoms. The number of halogens is 1. The van der Waals surface area contributed by atoms with Gasteiger partial charge in [0.15, 0.2) is 0 Å². The van der Waals surface area contributed by atoms with Gasteiger partial charge in [0.1, 0.15) is 5.67 Å². The van der Waals surface area contributed by atoms with Crippen molar-refractivity contribution in [3.63, 3.8) is 0 Å². The first-order valence-electron chi connectivity index (χ1n) is 6.08. The minimum absolute atomic E-state index is 0.524. The molecule has 1 fully saturated rings. The molecule has 1 aliphatic rings. The molecule has 0 radical (unpaired) electrons. The van der Waals surface area contributed by atoms with Crippen LogP contribution in [0.3, 0.4) is 0 Å². The third-order valence-electron chi connectivity index (χ3n) is 3.38. The van der Waals surface area contributed by atoms with E-state index in [9.17, 15) is 4.39 Å². The predicted molar refractivity (Wildman–Crippen MR) is 66.2 cm³/mol. The summed E-state index contributed by atoms with van der Waals surface area (Å²) in [5.74, 6) is 0. The summed E-state index contributed by atoms with van der Waals surface area (Å²) in [5.41, 5.74) is 2.44. The fraction of sp³-hybridized carbons (Fsp3) is 0.467. The van der Waals surface area contributed by atoms with Crippen molar-refractivity contribution in [1.29, 1.82) is 0 Å². The number of benzene rings is 1. The predicted octanol–water partition coefficient (Wildman–Crippen LogP) is 4.54. The van der Waals surface area contributed by atoms with E-state index < -0.39 is 5.67 Å². The van der Waals surface area contributed by atoms with Crippen LogP contribution in [0.2, 0.25) is 0 Å². The van der Waals surface area contributed by atoms with E-state index in [0.29, 0.717) is 6.42 Å². The van der Waals surface area contributed by atoms with Gasteiger partial charge in [-0.1, -0.05) is 42.8 Å². The molecule has 0 N–H and O–H groups in total. The molecule has 0 aromatic heterocycles. The Hall–Kier alpha value is -1.11. The van der Waals surface area contributed by atoms with E-state index in [-0.39, 0.29) is 0 Å². The first-order chi connectivity index (χ1) is 7.62. The molecule has 0 bridgehead atoms. The second-order valence-corrected chi connectivity index (χ2v) is 4.81. The molecule has 0 aliphatic heterocycles. The largest absolute Gasteiger partial charge is 0.239 e. The third-order valence-corrected chi connectivity index (χ3v) is 3.38. The standard InChI is InChI=1S/C15H19F/c1-3-15(2,16)14-10-8-13(9-11-14)7-6-12-4-5-12/h6,8-11H,3-5,7H2,1-2H3. The van der Waals surface area contributed by atoms with Gasteiger partial charge in [0.05, 0.1) is 0 Å². The lowest BCUT2D eigenvalue weighted by Gasteiger charge is -2.18.